The summed E-state index contributed by atoms with van der Waals surface area (Å²) in [5, 5.41) is 11.8. The third-order valence-corrected chi connectivity index (χ3v) is 4.58. The van der Waals surface area contributed by atoms with Crippen molar-refractivity contribution in [3.63, 3.8) is 0 Å². The minimum atomic E-state index is 0.607. The molecular weight excluding hydrogens is 340 g/mol. The van der Waals surface area contributed by atoms with E-state index in [2.05, 4.69) is 66.0 Å². The molecule has 0 atom stereocenters. The zero-order chi connectivity index (χ0) is 18.5. The van der Waals surface area contributed by atoms with Crippen molar-refractivity contribution in [2.75, 3.05) is 5.32 Å². The standard InChI is InChI=1S/C21H24N4S/c1-15-8-7-11-19(12-15)14-25-17(3)20(16(2)24-25)23-21(26)22-13-18-9-5-4-6-10-18/h4-12H,13-14H2,1-3H3,(H2,22,23,26). The van der Waals surface area contributed by atoms with Crippen LogP contribution in [0.1, 0.15) is 28.1 Å². The molecule has 0 aliphatic carbocycles. The van der Waals surface area contributed by atoms with Gasteiger partial charge in [0, 0.05) is 6.54 Å². The van der Waals surface area contributed by atoms with Gasteiger partial charge in [-0.25, -0.2) is 0 Å². The van der Waals surface area contributed by atoms with Gasteiger partial charge < -0.3 is 10.6 Å². The lowest BCUT2D eigenvalue weighted by atomic mass is 10.1. The summed E-state index contributed by atoms with van der Waals surface area (Å²) in [6.45, 7) is 7.62. The van der Waals surface area contributed by atoms with E-state index in [0.717, 1.165) is 23.6 Å². The summed E-state index contributed by atoms with van der Waals surface area (Å²) < 4.78 is 2.02. The first-order valence-corrected chi connectivity index (χ1v) is 9.12. The molecule has 3 aromatic rings. The molecule has 0 fully saturated rings. The molecule has 2 N–H and O–H groups in total. The van der Waals surface area contributed by atoms with E-state index in [-0.39, 0.29) is 0 Å². The predicted octanol–water partition coefficient (Wildman–Crippen LogP) is 4.34. The summed E-state index contributed by atoms with van der Waals surface area (Å²) in [6, 6.07) is 18.7. The Kier molecular flexibility index (Phi) is 5.68. The second-order valence-corrected chi connectivity index (χ2v) is 6.89. The topological polar surface area (TPSA) is 41.9 Å². The average molecular weight is 365 g/mol. The van der Waals surface area contributed by atoms with Crippen LogP contribution in [0.5, 0.6) is 0 Å². The Morgan fingerprint density at radius 2 is 1.73 bits per heavy atom. The lowest BCUT2D eigenvalue weighted by molar-refractivity contribution is 0.659. The maximum Gasteiger partial charge on any atom is 0.171 e. The van der Waals surface area contributed by atoms with E-state index in [1.165, 1.54) is 16.7 Å². The van der Waals surface area contributed by atoms with Crippen molar-refractivity contribution >= 4 is 23.0 Å². The number of hydrogen-bond donors (Lipinski definition) is 2. The average Bonchev–Trinajstić information content (AvgIpc) is 2.88. The molecule has 0 aliphatic heterocycles. The number of nitrogens with one attached hydrogen (secondary N) is 2. The van der Waals surface area contributed by atoms with Crippen LogP contribution < -0.4 is 10.6 Å². The molecule has 0 bridgehead atoms. The van der Waals surface area contributed by atoms with Crippen molar-refractivity contribution < 1.29 is 0 Å². The number of benzene rings is 2. The van der Waals surface area contributed by atoms with Crippen LogP contribution in [0.25, 0.3) is 0 Å². The predicted molar refractivity (Wildman–Crippen MR) is 111 cm³/mol. The third-order valence-electron chi connectivity index (χ3n) is 4.33. The second-order valence-electron chi connectivity index (χ2n) is 6.49. The van der Waals surface area contributed by atoms with E-state index in [4.69, 9.17) is 12.2 Å². The van der Waals surface area contributed by atoms with Crippen LogP contribution in [0.2, 0.25) is 0 Å². The number of nitrogens with zero attached hydrogens (tertiary/aromatic N) is 2. The van der Waals surface area contributed by atoms with E-state index in [0.29, 0.717) is 11.7 Å². The van der Waals surface area contributed by atoms with Crippen LogP contribution in [0.15, 0.2) is 54.6 Å². The number of aryl methyl sites for hydroxylation is 2. The van der Waals surface area contributed by atoms with Gasteiger partial charge in [0.05, 0.1) is 23.6 Å². The Labute approximate surface area is 160 Å². The fourth-order valence-corrected chi connectivity index (χ4v) is 3.13. The van der Waals surface area contributed by atoms with Crippen LogP contribution in [0.3, 0.4) is 0 Å². The van der Waals surface area contributed by atoms with Gasteiger partial charge in [-0.15, -0.1) is 0 Å². The Hall–Kier alpha value is -2.66. The van der Waals surface area contributed by atoms with Gasteiger partial charge >= 0.3 is 0 Å². The van der Waals surface area contributed by atoms with Gasteiger partial charge in [-0.3, -0.25) is 4.68 Å². The van der Waals surface area contributed by atoms with Crippen LogP contribution >= 0.6 is 12.2 Å². The smallest absolute Gasteiger partial charge is 0.171 e. The van der Waals surface area contributed by atoms with Gasteiger partial charge in [0.1, 0.15) is 0 Å². The van der Waals surface area contributed by atoms with Gasteiger partial charge in [-0.05, 0) is 44.1 Å². The molecule has 134 valence electrons. The van der Waals surface area contributed by atoms with Gasteiger partial charge in [-0.2, -0.15) is 5.10 Å². The fourth-order valence-electron chi connectivity index (χ4n) is 2.95. The maximum atomic E-state index is 5.45. The van der Waals surface area contributed by atoms with Crippen molar-refractivity contribution in [2.45, 2.75) is 33.9 Å². The molecule has 0 radical (unpaired) electrons. The van der Waals surface area contributed by atoms with Gasteiger partial charge in [0.2, 0.25) is 0 Å². The molecule has 0 spiro atoms. The summed E-state index contributed by atoms with van der Waals surface area (Å²) in [5.74, 6) is 0. The molecular formula is C21H24N4S. The van der Waals surface area contributed by atoms with Gasteiger partial charge in [0.25, 0.3) is 0 Å². The van der Waals surface area contributed by atoms with Gasteiger partial charge in [-0.1, -0.05) is 60.2 Å². The van der Waals surface area contributed by atoms with E-state index < -0.39 is 0 Å². The highest BCUT2D eigenvalue weighted by molar-refractivity contribution is 7.80. The third kappa shape index (κ3) is 4.49. The summed E-state index contributed by atoms with van der Waals surface area (Å²) in [7, 11) is 0. The Morgan fingerprint density at radius 1 is 1.00 bits per heavy atom. The summed E-state index contributed by atoms with van der Waals surface area (Å²) in [4.78, 5) is 0. The number of aromatic nitrogens is 2. The molecule has 3 rings (SSSR count). The number of anilines is 1. The first-order chi connectivity index (χ1) is 12.5. The zero-order valence-electron chi connectivity index (χ0n) is 15.4. The van der Waals surface area contributed by atoms with Crippen LogP contribution in [-0.4, -0.2) is 14.9 Å². The molecule has 1 aromatic heterocycles. The number of thiocarbonyl (C=S) groups is 1. The molecule has 0 unspecified atom stereocenters. The minimum absolute atomic E-state index is 0.607. The Balaban J connectivity index is 1.66. The fraction of sp³-hybridized carbons (Fsp3) is 0.238. The van der Waals surface area contributed by atoms with Crippen LogP contribution in [0, 0.1) is 20.8 Å². The second kappa shape index (κ2) is 8.15. The monoisotopic (exact) mass is 364 g/mol. The first kappa shape index (κ1) is 18.1. The van der Waals surface area contributed by atoms with E-state index in [9.17, 15) is 0 Å². The van der Waals surface area contributed by atoms with Crippen molar-refractivity contribution in [2.24, 2.45) is 0 Å². The summed E-state index contributed by atoms with van der Waals surface area (Å²) in [5.41, 5.74) is 6.69. The molecule has 4 nitrogen and oxygen atoms in total. The Morgan fingerprint density at radius 3 is 2.46 bits per heavy atom. The van der Waals surface area contributed by atoms with Crippen molar-refractivity contribution in [3.05, 3.63) is 82.7 Å². The van der Waals surface area contributed by atoms with Crippen LogP contribution in [0.4, 0.5) is 5.69 Å². The zero-order valence-corrected chi connectivity index (χ0v) is 16.2. The molecule has 0 saturated carbocycles. The summed E-state index contributed by atoms with van der Waals surface area (Å²) in [6.07, 6.45) is 0. The molecule has 0 aliphatic rings. The van der Waals surface area contributed by atoms with Crippen molar-refractivity contribution in [1.29, 1.82) is 0 Å². The SMILES string of the molecule is Cc1cccc(Cn2nc(C)c(NC(=S)NCc3ccccc3)c2C)c1. The van der Waals surface area contributed by atoms with Gasteiger partial charge in [0.15, 0.2) is 5.11 Å². The largest absolute Gasteiger partial charge is 0.358 e. The highest BCUT2D eigenvalue weighted by Gasteiger charge is 2.13. The van der Waals surface area contributed by atoms with Crippen molar-refractivity contribution in [3.8, 4) is 0 Å². The Bertz CT molecular complexity index is 900. The molecule has 5 heteroatoms. The normalized spacial score (nSPS) is 10.6. The van der Waals surface area contributed by atoms with E-state index in [1.54, 1.807) is 0 Å². The quantitative estimate of drug-likeness (QED) is 0.661. The van der Waals surface area contributed by atoms with E-state index in [1.807, 2.05) is 29.8 Å². The molecule has 0 saturated heterocycles. The molecule has 2 aromatic carbocycles. The lowest BCUT2D eigenvalue weighted by Gasteiger charge is -2.11. The first-order valence-electron chi connectivity index (χ1n) is 8.71. The van der Waals surface area contributed by atoms with Crippen molar-refractivity contribution in [1.82, 2.24) is 15.1 Å². The lowest BCUT2D eigenvalue weighted by Crippen LogP contribution is -2.28. The van der Waals surface area contributed by atoms with Crippen LogP contribution in [-0.2, 0) is 13.1 Å². The van der Waals surface area contributed by atoms with E-state index >= 15 is 0 Å². The molecule has 0 amide bonds. The molecule has 26 heavy (non-hydrogen) atoms. The maximum absolute atomic E-state index is 5.45. The highest BCUT2D eigenvalue weighted by atomic mass is 32.1. The number of hydrogen-bond acceptors (Lipinski definition) is 2. The minimum Gasteiger partial charge on any atom is -0.358 e. The summed E-state index contributed by atoms with van der Waals surface area (Å²) >= 11 is 5.45. The molecule has 1 heterocycles. The highest BCUT2D eigenvalue weighted by Crippen LogP contribution is 2.20. The number of rotatable bonds is 5.